The van der Waals surface area contributed by atoms with Crippen LogP contribution in [0.3, 0.4) is 0 Å². The van der Waals surface area contributed by atoms with Crippen LogP contribution in [0.5, 0.6) is 5.75 Å². The zero-order chi connectivity index (χ0) is 31.9. The molecule has 1 aliphatic carbocycles. The Kier molecular flexibility index (Phi) is 8.16. The number of para-hydroxylation sites is 1. The van der Waals surface area contributed by atoms with Crippen molar-refractivity contribution in [3.8, 4) is 5.75 Å². The number of amides is 1. The molecule has 0 radical (unpaired) electrons. The topological polar surface area (TPSA) is 143 Å². The van der Waals surface area contributed by atoms with Gasteiger partial charge in [-0.3, -0.25) is 4.79 Å². The number of sulfone groups is 1. The molecule has 3 N–H and O–H groups in total. The zero-order valence-electron chi connectivity index (χ0n) is 26.3. The second kappa shape index (κ2) is 11.9. The molecule has 12 nitrogen and oxygen atoms in total. The fourth-order valence-corrected chi connectivity index (χ4v) is 7.28. The predicted molar refractivity (Wildman–Crippen MR) is 173 cm³/mol. The number of carbonyl (C=O) groups excluding carboxylic acids is 1. The maximum absolute atomic E-state index is 13.1. The largest absolute Gasteiger partial charge is 0.495 e. The van der Waals surface area contributed by atoms with Crippen molar-refractivity contribution in [2.24, 2.45) is 0 Å². The maximum atomic E-state index is 13.1. The van der Waals surface area contributed by atoms with E-state index >= 15 is 0 Å². The number of methoxy groups -OCH3 is 1. The second-order valence-electron chi connectivity index (χ2n) is 12.1. The van der Waals surface area contributed by atoms with Crippen LogP contribution in [0.4, 0.5) is 23.3 Å². The summed E-state index contributed by atoms with van der Waals surface area (Å²) in [4.78, 5) is 24.5. The molecule has 1 saturated carbocycles. The van der Waals surface area contributed by atoms with E-state index in [9.17, 15) is 13.2 Å². The van der Waals surface area contributed by atoms with Crippen LogP contribution < -0.4 is 20.7 Å². The molecular weight excluding hydrogens is 592 g/mol. The van der Waals surface area contributed by atoms with Crippen molar-refractivity contribution in [2.45, 2.75) is 68.1 Å². The molecule has 13 heteroatoms. The van der Waals surface area contributed by atoms with Crippen LogP contribution in [-0.4, -0.2) is 76.8 Å². The Bertz CT molecular complexity index is 1840. The van der Waals surface area contributed by atoms with Gasteiger partial charge in [0.15, 0.2) is 15.5 Å². The molecule has 0 unspecified atom stereocenters. The third kappa shape index (κ3) is 5.82. The number of hydrogen-bond donors (Lipinski definition) is 3. The third-order valence-corrected chi connectivity index (χ3v) is 11.2. The molecule has 0 atom stereocenters. The van der Waals surface area contributed by atoms with E-state index in [1.165, 1.54) is 10.1 Å². The van der Waals surface area contributed by atoms with Gasteiger partial charge in [-0.1, -0.05) is 12.1 Å². The van der Waals surface area contributed by atoms with Crippen molar-refractivity contribution in [1.82, 2.24) is 29.8 Å². The molecule has 1 aliphatic heterocycles. The number of aryl methyl sites for hydroxylation is 1. The summed E-state index contributed by atoms with van der Waals surface area (Å²) in [6, 6.07) is 12.6. The number of anilines is 4. The van der Waals surface area contributed by atoms with Crippen molar-refractivity contribution in [1.29, 1.82) is 0 Å². The lowest BCUT2D eigenvalue weighted by atomic mass is 9.86. The summed E-state index contributed by atoms with van der Waals surface area (Å²) in [7, 11) is -0.0497. The highest BCUT2D eigenvalue weighted by atomic mass is 32.2. The van der Waals surface area contributed by atoms with Gasteiger partial charge in [0.2, 0.25) is 17.8 Å². The summed E-state index contributed by atoms with van der Waals surface area (Å²) in [5, 5.41) is 13.5. The Balaban J connectivity index is 1.25. The molecule has 45 heavy (non-hydrogen) atoms. The van der Waals surface area contributed by atoms with Crippen LogP contribution >= 0.6 is 0 Å². The standard InChI is InChI=1S/C32H40N8O4S/c1-20(2)45(42,43)27-9-7-6-8-24(27)36-31-38-30(37-28-10-15-34-40(28)31)35-25-18-21(3)23(19-26(25)44-5)22-11-16-39(17-12-22)29(41)32(33-4)13-14-32/h6-10,15,18-20,22,33H,11-14,16-17H2,1-5H3,(H2,35,36,37,38). The van der Waals surface area contributed by atoms with Crippen LogP contribution in [0.1, 0.15) is 56.6 Å². The first kappa shape index (κ1) is 30.8. The first-order valence-corrected chi connectivity index (χ1v) is 16.9. The first-order chi connectivity index (χ1) is 21.6. The van der Waals surface area contributed by atoms with Gasteiger partial charge in [0.1, 0.15) is 5.75 Å². The molecule has 2 aromatic carbocycles. The highest BCUT2D eigenvalue weighted by Gasteiger charge is 2.50. The molecular formula is C32H40N8O4S. The zero-order valence-corrected chi connectivity index (χ0v) is 27.1. The SMILES string of the molecule is CNC1(C(=O)N2CCC(c3cc(OC)c(Nc4nc(Nc5ccccc5S(=O)(=O)C(C)C)n5nccc5n4)cc3C)CC2)CC1. The fourth-order valence-electron chi connectivity index (χ4n) is 6.08. The summed E-state index contributed by atoms with van der Waals surface area (Å²) in [5.41, 5.74) is 3.60. The fraction of sp³-hybridized carbons (Fsp3) is 0.438. The number of rotatable bonds is 10. The van der Waals surface area contributed by atoms with E-state index in [0.29, 0.717) is 40.6 Å². The lowest BCUT2D eigenvalue weighted by Gasteiger charge is -2.35. The maximum Gasteiger partial charge on any atom is 0.242 e. The predicted octanol–water partition coefficient (Wildman–Crippen LogP) is 4.57. The quantitative estimate of drug-likeness (QED) is 0.228. The number of ether oxygens (including phenoxy) is 1. The van der Waals surface area contributed by atoms with Gasteiger partial charge in [0.05, 0.1) is 40.4 Å². The van der Waals surface area contributed by atoms with Crippen molar-refractivity contribution < 1.29 is 17.9 Å². The number of nitrogens with zero attached hydrogens (tertiary/aromatic N) is 5. The van der Waals surface area contributed by atoms with Gasteiger partial charge < -0.3 is 25.6 Å². The molecule has 2 aromatic heterocycles. The molecule has 1 amide bonds. The van der Waals surface area contributed by atoms with Crippen molar-refractivity contribution in [3.63, 3.8) is 0 Å². The van der Waals surface area contributed by atoms with Crippen molar-refractivity contribution in [2.75, 3.05) is 37.9 Å². The first-order valence-electron chi connectivity index (χ1n) is 15.3. The molecule has 6 rings (SSSR count). The van der Waals surface area contributed by atoms with Crippen LogP contribution in [0.25, 0.3) is 5.65 Å². The van der Waals surface area contributed by atoms with E-state index in [1.807, 2.05) is 18.0 Å². The molecule has 2 fully saturated rings. The average molecular weight is 633 g/mol. The Morgan fingerprint density at radius 2 is 1.78 bits per heavy atom. The molecule has 2 aliphatic rings. The van der Waals surface area contributed by atoms with E-state index < -0.39 is 15.1 Å². The summed E-state index contributed by atoms with van der Waals surface area (Å²) in [5.74, 6) is 1.80. The van der Waals surface area contributed by atoms with Gasteiger partial charge in [-0.15, -0.1) is 0 Å². The van der Waals surface area contributed by atoms with Crippen LogP contribution in [0.15, 0.2) is 53.6 Å². The Morgan fingerprint density at radius 3 is 2.44 bits per heavy atom. The molecule has 3 heterocycles. The average Bonchev–Trinajstić information content (AvgIpc) is 3.70. The smallest absolute Gasteiger partial charge is 0.242 e. The second-order valence-corrected chi connectivity index (χ2v) is 14.6. The summed E-state index contributed by atoms with van der Waals surface area (Å²) >= 11 is 0. The lowest BCUT2D eigenvalue weighted by molar-refractivity contribution is -0.135. The van der Waals surface area contributed by atoms with Crippen molar-refractivity contribution >= 4 is 44.7 Å². The summed E-state index contributed by atoms with van der Waals surface area (Å²) in [6.45, 7) is 6.88. The van der Waals surface area contributed by atoms with Crippen LogP contribution in [0, 0.1) is 6.92 Å². The van der Waals surface area contributed by atoms with Gasteiger partial charge in [0.25, 0.3) is 0 Å². The number of aromatic nitrogens is 4. The van der Waals surface area contributed by atoms with E-state index in [1.54, 1.807) is 57.5 Å². The van der Waals surface area contributed by atoms with Gasteiger partial charge in [0, 0.05) is 19.2 Å². The Morgan fingerprint density at radius 1 is 1.04 bits per heavy atom. The third-order valence-electron chi connectivity index (χ3n) is 9.01. The van der Waals surface area contributed by atoms with Gasteiger partial charge in [-0.25, -0.2) is 8.42 Å². The van der Waals surface area contributed by atoms with Gasteiger partial charge >= 0.3 is 0 Å². The van der Waals surface area contributed by atoms with Crippen LogP contribution in [0.2, 0.25) is 0 Å². The highest BCUT2D eigenvalue weighted by Crippen LogP contribution is 2.40. The Hall–Kier alpha value is -4.23. The molecule has 1 saturated heterocycles. The van der Waals surface area contributed by atoms with E-state index in [4.69, 9.17) is 4.74 Å². The lowest BCUT2D eigenvalue weighted by Crippen LogP contribution is -2.49. The number of nitrogens with one attached hydrogen (secondary N) is 3. The normalized spacial score (nSPS) is 16.6. The van der Waals surface area contributed by atoms with Crippen LogP contribution in [-0.2, 0) is 14.6 Å². The van der Waals surface area contributed by atoms with Gasteiger partial charge in [-0.2, -0.15) is 19.6 Å². The Labute approximate surface area is 263 Å². The number of piperidine rings is 1. The van der Waals surface area contributed by atoms with E-state index in [2.05, 4.69) is 44.0 Å². The molecule has 4 aromatic rings. The highest BCUT2D eigenvalue weighted by molar-refractivity contribution is 7.92. The molecule has 0 spiro atoms. The van der Waals surface area contributed by atoms with E-state index in [0.717, 1.165) is 44.3 Å². The molecule has 0 bridgehead atoms. The summed E-state index contributed by atoms with van der Waals surface area (Å²) in [6.07, 6.45) is 5.22. The summed E-state index contributed by atoms with van der Waals surface area (Å²) < 4.78 is 33.5. The van der Waals surface area contributed by atoms with Crippen molar-refractivity contribution in [3.05, 3.63) is 59.8 Å². The number of carbonyl (C=O) groups is 1. The number of likely N-dealkylation sites (tertiary alicyclic amines) is 1. The number of likely N-dealkylation sites (N-methyl/N-ethyl adjacent to an activating group) is 1. The van der Waals surface area contributed by atoms with E-state index in [-0.39, 0.29) is 16.3 Å². The number of benzene rings is 2. The minimum Gasteiger partial charge on any atom is -0.495 e. The number of hydrogen-bond acceptors (Lipinski definition) is 10. The number of fused-ring (bicyclic) bond motifs is 1. The minimum atomic E-state index is -3.56. The molecule has 238 valence electrons. The minimum absolute atomic E-state index is 0.186. The monoisotopic (exact) mass is 632 g/mol. The van der Waals surface area contributed by atoms with Gasteiger partial charge in [-0.05, 0) is 94.8 Å².